The van der Waals surface area contributed by atoms with Crippen LogP contribution in [0.25, 0.3) is 0 Å². The Bertz CT molecular complexity index is 641. The number of aromatic nitrogens is 1. The lowest BCUT2D eigenvalue weighted by Gasteiger charge is -2.06. The van der Waals surface area contributed by atoms with Crippen LogP contribution in [0, 0.1) is 0 Å². The number of carboxylic acids is 1. The molecule has 0 aliphatic carbocycles. The van der Waals surface area contributed by atoms with Crippen LogP contribution in [-0.2, 0) is 0 Å². The number of thioether (sulfide) groups is 1. The highest BCUT2D eigenvalue weighted by atomic mass is 32.2. The molecule has 2 rings (SSSR count). The monoisotopic (exact) mass is 288 g/mol. The second-order valence-electron chi connectivity index (χ2n) is 3.95. The largest absolute Gasteiger partial charge is 0.478 e. The maximum absolute atomic E-state index is 12.0. The quantitative estimate of drug-likeness (QED) is 0.846. The van der Waals surface area contributed by atoms with Gasteiger partial charge in [0.15, 0.2) is 0 Å². The third-order valence-electron chi connectivity index (χ3n) is 2.60. The zero-order valence-corrected chi connectivity index (χ0v) is 11.5. The number of benzene rings is 1. The Kier molecular flexibility index (Phi) is 4.37. The van der Waals surface area contributed by atoms with Crippen molar-refractivity contribution in [3.63, 3.8) is 0 Å². The van der Waals surface area contributed by atoms with Crippen molar-refractivity contribution in [1.29, 1.82) is 0 Å². The molecule has 0 radical (unpaired) electrons. The molecule has 0 spiro atoms. The van der Waals surface area contributed by atoms with Crippen LogP contribution in [0.4, 0.5) is 5.69 Å². The van der Waals surface area contributed by atoms with E-state index >= 15 is 0 Å². The third kappa shape index (κ3) is 3.36. The van der Waals surface area contributed by atoms with E-state index in [1.54, 1.807) is 23.9 Å². The minimum Gasteiger partial charge on any atom is -0.478 e. The van der Waals surface area contributed by atoms with Crippen molar-refractivity contribution in [3.8, 4) is 0 Å². The van der Waals surface area contributed by atoms with E-state index in [0.717, 1.165) is 4.90 Å². The number of carboxylic acid groups (broad SMARTS) is 1. The summed E-state index contributed by atoms with van der Waals surface area (Å²) >= 11 is 1.59. The average molecular weight is 288 g/mol. The number of nitrogens with zero attached hydrogens (tertiary/aromatic N) is 1. The lowest BCUT2D eigenvalue weighted by Crippen LogP contribution is -2.12. The van der Waals surface area contributed by atoms with Gasteiger partial charge in [-0.3, -0.25) is 9.78 Å². The Morgan fingerprint density at radius 1 is 1.15 bits per heavy atom. The summed E-state index contributed by atoms with van der Waals surface area (Å²) in [6.45, 7) is 0. The molecule has 0 saturated heterocycles. The normalized spacial score (nSPS) is 10.1. The van der Waals surface area contributed by atoms with Crippen molar-refractivity contribution >= 4 is 29.3 Å². The number of hydrogen-bond acceptors (Lipinski definition) is 4. The molecule has 0 bridgehead atoms. The lowest BCUT2D eigenvalue weighted by atomic mass is 10.2. The van der Waals surface area contributed by atoms with Gasteiger partial charge in [-0.15, -0.1) is 11.8 Å². The van der Waals surface area contributed by atoms with Gasteiger partial charge < -0.3 is 10.4 Å². The Morgan fingerprint density at radius 2 is 1.85 bits per heavy atom. The first-order chi connectivity index (χ1) is 9.60. The van der Waals surface area contributed by atoms with Crippen molar-refractivity contribution in [2.45, 2.75) is 4.90 Å². The number of hydrogen-bond donors (Lipinski definition) is 2. The van der Waals surface area contributed by atoms with E-state index < -0.39 is 5.97 Å². The molecule has 0 aliphatic rings. The Balaban J connectivity index is 2.14. The SMILES string of the molecule is CSc1ccc(C(=O)Nc2cncc(C(=O)O)c2)cc1. The van der Waals surface area contributed by atoms with Gasteiger partial charge >= 0.3 is 5.97 Å². The summed E-state index contributed by atoms with van der Waals surface area (Å²) in [5, 5.41) is 11.5. The highest BCUT2D eigenvalue weighted by molar-refractivity contribution is 7.98. The molecule has 1 amide bonds. The van der Waals surface area contributed by atoms with Gasteiger partial charge in [-0.2, -0.15) is 0 Å². The van der Waals surface area contributed by atoms with Gasteiger partial charge in [0.1, 0.15) is 0 Å². The standard InChI is InChI=1S/C14H12N2O3S/c1-20-12-4-2-9(3-5-12)13(17)16-11-6-10(14(18)19)7-15-8-11/h2-8H,1H3,(H,16,17)(H,18,19). The minimum absolute atomic E-state index is 0.0283. The molecule has 0 atom stereocenters. The number of aromatic carboxylic acids is 1. The van der Waals surface area contributed by atoms with Crippen LogP contribution in [-0.4, -0.2) is 28.2 Å². The molecule has 0 aliphatic heterocycles. The molecular formula is C14H12N2O3S. The summed E-state index contributed by atoms with van der Waals surface area (Å²) in [6.07, 6.45) is 4.59. The molecule has 0 saturated carbocycles. The third-order valence-corrected chi connectivity index (χ3v) is 3.34. The molecule has 2 N–H and O–H groups in total. The molecule has 1 aromatic carbocycles. The first-order valence-electron chi connectivity index (χ1n) is 5.74. The predicted molar refractivity (Wildman–Crippen MR) is 77.4 cm³/mol. The second-order valence-corrected chi connectivity index (χ2v) is 4.83. The van der Waals surface area contributed by atoms with Crippen LogP contribution in [0.15, 0.2) is 47.6 Å². The van der Waals surface area contributed by atoms with Gasteiger partial charge in [-0.25, -0.2) is 4.79 Å². The van der Waals surface area contributed by atoms with E-state index in [-0.39, 0.29) is 11.5 Å². The summed E-state index contributed by atoms with van der Waals surface area (Å²) < 4.78 is 0. The summed E-state index contributed by atoms with van der Waals surface area (Å²) in [6, 6.07) is 8.51. The molecule has 102 valence electrons. The van der Waals surface area contributed by atoms with E-state index in [1.807, 2.05) is 18.4 Å². The topological polar surface area (TPSA) is 79.3 Å². The molecule has 2 aromatic rings. The van der Waals surface area contributed by atoms with Gasteiger partial charge in [0.2, 0.25) is 0 Å². The van der Waals surface area contributed by atoms with E-state index in [4.69, 9.17) is 5.11 Å². The molecular weight excluding hydrogens is 276 g/mol. The Labute approximate surface area is 120 Å². The fraction of sp³-hybridized carbons (Fsp3) is 0.0714. The predicted octanol–water partition coefficient (Wildman–Crippen LogP) is 2.75. The van der Waals surface area contributed by atoms with Crippen LogP contribution in [0.5, 0.6) is 0 Å². The molecule has 1 heterocycles. The molecule has 0 unspecified atom stereocenters. The first kappa shape index (κ1) is 14.1. The van der Waals surface area contributed by atoms with Crippen LogP contribution in [0.3, 0.4) is 0 Å². The maximum Gasteiger partial charge on any atom is 0.337 e. The second kappa shape index (κ2) is 6.21. The zero-order chi connectivity index (χ0) is 14.5. The van der Waals surface area contributed by atoms with Gasteiger partial charge in [0, 0.05) is 16.7 Å². The summed E-state index contributed by atoms with van der Waals surface area (Å²) in [5.74, 6) is -1.39. The zero-order valence-electron chi connectivity index (χ0n) is 10.7. The smallest absolute Gasteiger partial charge is 0.337 e. The van der Waals surface area contributed by atoms with E-state index in [1.165, 1.54) is 18.5 Å². The summed E-state index contributed by atoms with van der Waals surface area (Å²) in [5.41, 5.74) is 0.882. The van der Waals surface area contributed by atoms with Gasteiger partial charge in [0.05, 0.1) is 17.4 Å². The van der Waals surface area contributed by atoms with Gasteiger partial charge in [-0.05, 0) is 36.6 Å². The highest BCUT2D eigenvalue weighted by Crippen LogP contribution is 2.16. The van der Waals surface area contributed by atoms with Gasteiger partial charge in [-0.1, -0.05) is 0 Å². The molecule has 20 heavy (non-hydrogen) atoms. The van der Waals surface area contributed by atoms with Crippen LogP contribution < -0.4 is 5.32 Å². The van der Waals surface area contributed by atoms with Crippen LogP contribution in [0.1, 0.15) is 20.7 Å². The van der Waals surface area contributed by atoms with E-state index in [0.29, 0.717) is 11.3 Å². The van der Waals surface area contributed by atoms with Crippen LogP contribution in [0.2, 0.25) is 0 Å². The van der Waals surface area contributed by atoms with Crippen molar-refractivity contribution in [1.82, 2.24) is 4.98 Å². The number of pyridine rings is 1. The highest BCUT2D eigenvalue weighted by Gasteiger charge is 2.08. The Morgan fingerprint density at radius 3 is 2.45 bits per heavy atom. The number of carbonyl (C=O) groups excluding carboxylic acids is 1. The molecule has 0 fully saturated rings. The minimum atomic E-state index is -1.09. The number of amides is 1. The number of anilines is 1. The first-order valence-corrected chi connectivity index (χ1v) is 6.96. The number of nitrogens with one attached hydrogen (secondary N) is 1. The van der Waals surface area contributed by atoms with Crippen molar-refractivity contribution < 1.29 is 14.7 Å². The fourth-order valence-corrected chi connectivity index (χ4v) is 1.98. The maximum atomic E-state index is 12.0. The van der Waals surface area contributed by atoms with Crippen molar-refractivity contribution in [2.24, 2.45) is 0 Å². The lowest BCUT2D eigenvalue weighted by molar-refractivity contribution is 0.0696. The average Bonchev–Trinajstić information content (AvgIpc) is 2.47. The van der Waals surface area contributed by atoms with Crippen molar-refractivity contribution in [3.05, 3.63) is 53.9 Å². The molecule has 5 nitrogen and oxygen atoms in total. The van der Waals surface area contributed by atoms with E-state index in [2.05, 4.69) is 10.3 Å². The number of carbonyl (C=O) groups is 2. The van der Waals surface area contributed by atoms with Gasteiger partial charge in [0.25, 0.3) is 5.91 Å². The summed E-state index contributed by atoms with van der Waals surface area (Å²) in [4.78, 5) is 27.7. The van der Waals surface area contributed by atoms with Crippen LogP contribution >= 0.6 is 11.8 Å². The van der Waals surface area contributed by atoms with Crippen molar-refractivity contribution in [2.75, 3.05) is 11.6 Å². The van der Waals surface area contributed by atoms with E-state index in [9.17, 15) is 9.59 Å². The fourth-order valence-electron chi connectivity index (χ4n) is 1.57. The number of rotatable bonds is 4. The Hall–Kier alpha value is -2.34. The molecule has 1 aromatic heterocycles. The summed E-state index contributed by atoms with van der Waals surface area (Å²) in [7, 11) is 0. The molecule has 6 heteroatoms.